The van der Waals surface area contributed by atoms with Gasteiger partial charge in [-0.2, -0.15) is 0 Å². The van der Waals surface area contributed by atoms with Crippen LogP contribution in [0.3, 0.4) is 0 Å². The van der Waals surface area contributed by atoms with E-state index in [4.69, 9.17) is 70.3 Å². The average Bonchev–Trinajstić information content (AvgIpc) is 1.94. The molecule has 0 aliphatic carbocycles. The Balaban J connectivity index is -0.0000000250. The SMILES string of the molecule is O=[Si](O)O.O=[Si](O)O.O=[Si]([O-])[O-].O=[Si]([O-])[O-].O=[Si]([O-])[O-].[Er+3].[Er+3]. The van der Waals surface area contributed by atoms with Crippen molar-refractivity contribution in [1.29, 1.82) is 0 Å². The molecule has 0 atom stereocenters. The molecule has 0 bridgehead atoms. The molecular formula is H4Er2O15Si5. The number of hydrogen-bond acceptors (Lipinski definition) is 11. The maximum Gasteiger partial charge on any atom is 3.00 e. The van der Waals surface area contributed by atoms with Gasteiger partial charge in [-0.1, -0.05) is 0 Å². The fourth-order valence-electron chi connectivity index (χ4n) is 0. The minimum atomic E-state index is -3.63. The van der Waals surface area contributed by atoms with E-state index in [1.165, 1.54) is 0 Å². The topological polar surface area (TPSA) is 305 Å². The van der Waals surface area contributed by atoms with Crippen LogP contribution in [0.1, 0.15) is 0 Å². The molecule has 0 aliphatic heterocycles. The molecule has 15 nitrogen and oxygen atoms in total. The summed E-state index contributed by atoms with van der Waals surface area (Å²) in [6.07, 6.45) is 0. The van der Waals surface area contributed by atoms with Crippen molar-refractivity contribution in [3.8, 4) is 0 Å². The molecule has 0 amide bonds. The van der Waals surface area contributed by atoms with E-state index in [1.54, 1.807) is 0 Å². The Morgan fingerprint density at radius 1 is 0.455 bits per heavy atom. The van der Waals surface area contributed by atoms with E-state index in [0.717, 1.165) is 0 Å². The second kappa shape index (κ2) is 37.7. The van der Waals surface area contributed by atoms with Crippen molar-refractivity contribution >= 4 is 45.9 Å². The van der Waals surface area contributed by atoms with Gasteiger partial charge in [-0.15, -0.1) is 0 Å². The molecule has 0 aromatic rings. The first-order valence-electron chi connectivity index (χ1n) is 3.14. The molecule has 0 saturated heterocycles. The van der Waals surface area contributed by atoms with Crippen molar-refractivity contribution in [2.45, 2.75) is 0 Å². The number of rotatable bonds is 0. The summed E-state index contributed by atoms with van der Waals surface area (Å²) in [5, 5.41) is 0. The van der Waals surface area contributed by atoms with Crippen LogP contribution >= 0.6 is 0 Å². The first kappa shape index (κ1) is 43.3. The van der Waals surface area contributed by atoms with Gasteiger partial charge in [0.2, 0.25) is 0 Å². The fourth-order valence-corrected chi connectivity index (χ4v) is 0. The van der Waals surface area contributed by atoms with Crippen molar-refractivity contribution in [2.24, 2.45) is 0 Å². The van der Waals surface area contributed by atoms with E-state index >= 15 is 0 Å². The second-order valence-electron chi connectivity index (χ2n) is 1.32. The van der Waals surface area contributed by atoms with Crippen LogP contribution in [-0.4, -0.2) is 65.0 Å². The molecule has 0 spiro atoms. The van der Waals surface area contributed by atoms with Gasteiger partial charge in [-0.3, -0.25) is 8.92 Å². The number of hydrogen-bond donors (Lipinski definition) is 4. The minimum Gasteiger partial charge on any atom is -0.672 e. The molecule has 0 aromatic heterocycles. The van der Waals surface area contributed by atoms with E-state index in [1.807, 2.05) is 0 Å². The molecule has 138 valence electrons. The molecule has 0 heterocycles. The van der Waals surface area contributed by atoms with Crippen LogP contribution in [0, 0.1) is 74.6 Å². The van der Waals surface area contributed by atoms with Gasteiger partial charge in [0.15, 0.2) is 0 Å². The van der Waals surface area contributed by atoms with Gasteiger partial charge in [-0.05, 0) is 0 Å². The van der Waals surface area contributed by atoms with Crippen LogP contribution in [-0.2, 0) is 22.3 Å². The van der Waals surface area contributed by atoms with E-state index in [-0.39, 0.29) is 74.6 Å². The molecule has 0 fully saturated rings. The first-order valence-corrected chi connectivity index (χ1v) is 9.42. The Labute approximate surface area is 188 Å². The van der Waals surface area contributed by atoms with Gasteiger partial charge in [0.1, 0.15) is 0 Å². The molecule has 4 N–H and O–H groups in total. The Kier molecular flexibility index (Phi) is 74.1. The maximum absolute atomic E-state index is 8.74. The second-order valence-corrected chi connectivity index (χ2v) is 3.95. The predicted molar refractivity (Wildman–Crippen MR) is 41.1 cm³/mol. The van der Waals surface area contributed by atoms with Crippen LogP contribution in [0.2, 0.25) is 0 Å². The zero-order valence-electron chi connectivity index (χ0n) is 9.36. The molecule has 22 heavy (non-hydrogen) atoms. The van der Waals surface area contributed by atoms with Crippen molar-refractivity contribution in [2.75, 3.05) is 0 Å². The molecule has 0 unspecified atom stereocenters. The zero-order valence-corrected chi connectivity index (χ0v) is 18.1. The van der Waals surface area contributed by atoms with Crippen LogP contribution in [0.25, 0.3) is 0 Å². The quantitative estimate of drug-likeness (QED) is 0.169. The smallest absolute Gasteiger partial charge is 0.672 e. The summed E-state index contributed by atoms with van der Waals surface area (Å²) in [6.45, 7) is 0. The minimum absolute atomic E-state index is 0. The summed E-state index contributed by atoms with van der Waals surface area (Å²) in [4.78, 5) is 79.7. The monoisotopic (exact) mass is 716 g/mol. The molecular weight excluding hydrogens is 715 g/mol. The van der Waals surface area contributed by atoms with Crippen molar-refractivity contribution in [3.05, 3.63) is 0 Å². The van der Waals surface area contributed by atoms with Gasteiger partial charge >= 0.3 is 93.0 Å². The van der Waals surface area contributed by atoms with Gasteiger partial charge in [0.25, 0.3) is 0 Å². The third-order valence-corrected chi connectivity index (χ3v) is 0. The summed E-state index contributed by atoms with van der Waals surface area (Å²) in [5.41, 5.74) is 0. The Morgan fingerprint density at radius 2 is 0.455 bits per heavy atom. The van der Waals surface area contributed by atoms with Crippen molar-refractivity contribution < 1.29 is 145 Å². The van der Waals surface area contributed by atoms with Crippen molar-refractivity contribution in [1.82, 2.24) is 0 Å². The molecule has 22 heteroatoms. The Morgan fingerprint density at radius 3 is 0.455 bits per heavy atom. The largest absolute Gasteiger partial charge is 3.00 e. The van der Waals surface area contributed by atoms with Crippen LogP contribution < -0.4 is 28.8 Å². The molecule has 2 radical (unpaired) electrons. The molecule has 0 aromatic carbocycles. The van der Waals surface area contributed by atoms with E-state index < -0.39 is 45.9 Å². The van der Waals surface area contributed by atoms with E-state index in [2.05, 4.69) is 0 Å². The van der Waals surface area contributed by atoms with E-state index in [9.17, 15) is 0 Å². The van der Waals surface area contributed by atoms with Gasteiger partial charge in [0, 0.05) is 27.5 Å². The summed E-state index contributed by atoms with van der Waals surface area (Å²) >= 11 is 0. The summed E-state index contributed by atoms with van der Waals surface area (Å²) in [7, 11) is -17.1. The van der Waals surface area contributed by atoms with Crippen LogP contribution in [0.15, 0.2) is 0 Å². The van der Waals surface area contributed by atoms with E-state index in [0.29, 0.717) is 0 Å². The Bertz CT molecular complexity index is 211. The third kappa shape index (κ3) is 23600. The van der Waals surface area contributed by atoms with Gasteiger partial charge < -0.3 is 61.3 Å². The predicted octanol–water partition coefficient (Wildman–Crippen LogP) is -11.9. The van der Waals surface area contributed by atoms with Gasteiger partial charge in [0.05, 0.1) is 0 Å². The normalized spacial score (nSPS) is 5.45. The summed E-state index contributed by atoms with van der Waals surface area (Å²) in [5.74, 6) is 0. The van der Waals surface area contributed by atoms with Gasteiger partial charge in [-0.25, -0.2) is 0 Å². The fraction of sp³-hybridized carbons (Fsp3) is 0. The first-order chi connectivity index (χ1) is 8.66. The van der Waals surface area contributed by atoms with Crippen molar-refractivity contribution in [3.63, 3.8) is 0 Å². The molecule has 0 aliphatic rings. The average molecular weight is 719 g/mol. The van der Waals surface area contributed by atoms with Crippen LogP contribution in [0.4, 0.5) is 0 Å². The Hall–Kier alpha value is 0.578. The zero-order chi connectivity index (χ0) is 17.9. The maximum atomic E-state index is 8.74. The molecule has 0 rings (SSSR count). The van der Waals surface area contributed by atoms with Crippen LogP contribution in [0.5, 0.6) is 0 Å². The third-order valence-electron chi connectivity index (χ3n) is 0. The standard InChI is InChI=1S/2Er.2H2O3Si.3O3Si/c;;5*1-4(2)3/h;;2*1-2H;;;/q2*+3;;;3*-2. The summed E-state index contributed by atoms with van der Waals surface area (Å²) in [6, 6.07) is 0. The summed E-state index contributed by atoms with van der Waals surface area (Å²) < 4.78 is 43.0. The molecule has 0 saturated carbocycles.